The number of nitrogens with zero attached hydrogens (tertiary/aromatic N) is 4. The maximum absolute atomic E-state index is 13.2. The van der Waals surface area contributed by atoms with Gasteiger partial charge in [0, 0.05) is 41.8 Å². The molecular formula is C24H20ClFN4O2S. The fourth-order valence-corrected chi connectivity index (χ4v) is 5.12. The molecule has 0 saturated carbocycles. The Morgan fingerprint density at radius 2 is 1.73 bits per heavy atom. The summed E-state index contributed by atoms with van der Waals surface area (Å²) in [6.07, 6.45) is 1.44. The molecule has 1 amide bonds. The van der Waals surface area contributed by atoms with Crippen LogP contribution in [0.15, 0.2) is 65.7 Å². The van der Waals surface area contributed by atoms with Crippen LogP contribution in [0, 0.1) is 5.82 Å². The smallest absolute Gasteiger partial charge is 0.271 e. The number of aromatic nitrogens is 2. The van der Waals surface area contributed by atoms with Crippen molar-refractivity contribution in [1.29, 1.82) is 0 Å². The van der Waals surface area contributed by atoms with Gasteiger partial charge in [-0.05, 0) is 48.0 Å². The van der Waals surface area contributed by atoms with Crippen LogP contribution in [0.2, 0.25) is 5.02 Å². The summed E-state index contributed by atoms with van der Waals surface area (Å²) in [5.74, 6) is -0.388. The first-order chi connectivity index (χ1) is 16.0. The molecule has 2 aromatic carbocycles. The third-order valence-electron chi connectivity index (χ3n) is 5.76. The molecule has 6 nitrogen and oxygen atoms in total. The molecule has 33 heavy (non-hydrogen) atoms. The van der Waals surface area contributed by atoms with Gasteiger partial charge in [-0.15, -0.1) is 11.3 Å². The molecule has 3 heterocycles. The number of fused-ring (bicyclic) bond motifs is 1. The minimum absolute atomic E-state index is 0.0491. The first kappa shape index (κ1) is 21.6. The number of thiophene rings is 1. The molecule has 1 fully saturated rings. The normalized spacial score (nSPS) is 14.1. The third-order valence-corrected chi connectivity index (χ3v) is 7.18. The van der Waals surface area contributed by atoms with Crippen LogP contribution in [0.3, 0.4) is 0 Å². The van der Waals surface area contributed by atoms with Crippen LogP contribution in [0.25, 0.3) is 20.7 Å². The van der Waals surface area contributed by atoms with Gasteiger partial charge in [-0.2, -0.15) is 0 Å². The van der Waals surface area contributed by atoms with Crippen LogP contribution in [-0.2, 0) is 11.3 Å². The summed E-state index contributed by atoms with van der Waals surface area (Å²) in [4.78, 5) is 35.1. The Morgan fingerprint density at radius 1 is 1.03 bits per heavy atom. The number of carbonyl (C=O) groups is 1. The van der Waals surface area contributed by atoms with Crippen molar-refractivity contribution < 1.29 is 9.18 Å². The Hall–Kier alpha value is -3.23. The first-order valence-electron chi connectivity index (χ1n) is 10.5. The van der Waals surface area contributed by atoms with E-state index in [0.717, 1.165) is 16.1 Å². The van der Waals surface area contributed by atoms with Crippen LogP contribution in [-0.4, -0.2) is 46.5 Å². The fraction of sp³-hybridized carbons (Fsp3) is 0.208. The second-order valence-electron chi connectivity index (χ2n) is 7.85. The molecule has 5 rings (SSSR count). The van der Waals surface area contributed by atoms with Crippen LogP contribution in [0.4, 0.5) is 10.1 Å². The number of amides is 1. The minimum Gasteiger partial charge on any atom is -0.368 e. The lowest BCUT2D eigenvalue weighted by Gasteiger charge is -2.36. The summed E-state index contributed by atoms with van der Waals surface area (Å²) in [5.41, 5.74) is 2.29. The van der Waals surface area contributed by atoms with Gasteiger partial charge in [0.25, 0.3) is 5.56 Å². The Labute approximate surface area is 198 Å². The summed E-state index contributed by atoms with van der Waals surface area (Å²) in [5, 5.41) is 0.650. The molecule has 1 aliphatic rings. The highest BCUT2D eigenvalue weighted by Gasteiger charge is 2.22. The van der Waals surface area contributed by atoms with Gasteiger partial charge in [0.1, 0.15) is 17.1 Å². The summed E-state index contributed by atoms with van der Waals surface area (Å²) in [6.45, 7) is 2.34. The van der Waals surface area contributed by atoms with Crippen LogP contribution in [0.5, 0.6) is 0 Å². The monoisotopic (exact) mass is 482 g/mol. The van der Waals surface area contributed by atoms with Crippen LogP contribution < -0.4 is 10.5 Å². The summed E-state index contributed by atoms with van der Waals surface area (Å²) < 4.78 is 15.1. The molecule has 0 unspecified atom stereocenters. The zero-order valence-electron chi connectivity index (χ0n) is 17.6. The van der Waals surface area contributed by atoms with Crippen molar-refractivity contribution in [1.82, 2.24) is 14.5 Å². The number of benzene rings is 2. The van der Waals surface area contributed by atoms with Gasteiger partial charge in [0.05, 0.1) is 11.8 Å². The van der Waals surface area contributed by atoms with Gasteiger partial charge in [0.15, 0.2) is 0 Å². The standard InChI is InChI=1S/C24H20ClFN4O2S/c25-17-3-1-16(2-4-17)21-13-20-23(33-21)24(32)30(15-27-20)14-22(31)29-11-9-28(10-12-29)19-7-5-18(26)6-8-19/h1-8,13,15H,9-12,14H2. The lowest BCUT2D eigenvalue weighted by atomic mass is 10.2. The summed E-state index contributed by atoms with van der Waals surface area (Å²) in [6, 6.07) is 15.7. The highest BCUT2D eigenvalue weighted by molar-refractivity contribution is 7.22. The highest BCUT2D eigenvalue weighted by Crippen LogP contribution is 2.31. The van der Waals surface area contributed by atoms with Crippen molar-refractivity contribution in [2.24, 2.45) is 0 Å². The number of hydrogen-bond donors (Lipinski definition) is 0. The van der Waals surface area contributed by atoms with E-state index in [2.05, 4.69) is 9.88 Å². The van der Waals surface area contributed by atoms with Gasteiger partial charge in [-0.1, -0.05) is 23.7 Å². The molecule has 1 aliphatic heterocycles. The van der Waals surface area contributed by atoms with Crippen LogP contribution in [0.1, 0.15) is 0 Å². The van der Waals surface area contributed by atoms with E-state index in [4.69, 9.17) is 11.6 Å². The average molecular weight is 483 g/mol. The number of hydrogen-bond acceptors (Lipinski definition) is 5. The molecular weight excluding hydrogens is 463 g/mol. The van der Waals surface area contributed by atoms with Crippen LogP contribution >= 0.6 is 22.9 Å². The number of rotatable bonds is 4. The molecule has 9 heteroatoms. The summed E-state index contributed by atoms with van der Waals surface area (Å²) >= 11 is 7.33. The Kier molecular flexibility index (Phi) is 5.86. The van der Waals surface area contributed by atoms with E-state index in [9.17, 15) is 14.0 Å². The van der Waals surface area contributed by atoms with Gasteiger partial charge in [-0.3, -0.25) is 14.2 Å². The molecule has 0 bridgehead atoms. The Balaban J connectivity index is 1.28. The topological polar surface area (TPSA) is 58.4 Å². The largest absolute Gasteiger partial charge is 0.368 e. The van der Waals surface area contributed by atoms with E-state index >= 15 is 0 Å². The van der Waals surface area contributed by atoms with E-state index in [1.165, 1.54) is 34.4 Å². The number of carbonyl (C=O) groups excluding carboxylic acids is 1. The van der Waals surface area contributed by atoms with E-state index in [0.29, 0.717) is 41.4 Å². The van der Waals surface area contributed by atoms with E-state index in [-0.39, 0.29) is 23.8 Å². The van der Waals surface area contributed by atoms with Crippen molar-refractivity contribution >= 4 is 44.7 Å². The molecule has 2 aromatic heterocycles. The van der Waals surface area contributed by atoms with Gasteiger partial charge >= 0.3 is 0 Å². The zero-order valence-corrected chi connectivity index (χ0v) is 19.2. The van der Waals surface area contributed by atoms with E-state index in [1.807, 2.05) is 30.3 Å². The van der Waals surface area contributed by atoms with Crippen molar-refractivity contribution in [3.05, 3.63) is 82.1 Å². The molecule has 0 radical (unpaired) electrons. The van der Waals surface area contributed by atoms with Gasteiger partial charge < -0.3 is 9.80 Å². The number of anilines is 1. The quantitative estimate of drug-likeness (QED) is 0.436. The third kappa shape index (κ3) is 4.49. The fourth-order valence-electron chi connectivity index (χ4n) is 3.93. The molecule has 168 valence electrons. The predicted molar refractivity (Wildman–Crippen MR) is 130 cm³/mol. The minimum atomic E-state index is -0.269. The Bertz CT molecular complexity index is 1360. The van der Waals surface area contributed by atoms with Crippen molar-refractivity contribution in [3.8, 4) is 10.4 Å². The van der Waals surface area contributed by atoms with E-state index < -0.39 is 0 Å². The lowest BCUT2D eigenvalue weighted by molar-refractivity contribution is -0.132. The lowest BCUT2D eigenvalue weighted by Crippen LogP contribution is -2.50. The zero-order chi connectivity index (χ0) is 22.9. The molecule has 0 spiro atoms. The number of piperazine rings is 1. The summed E-state index contributed by atoms with van der Waals surface area (Å²) in [7, 11) is 0. The molecule has 0 atom stereocenters. The van der Waals surface area contributed by atoms with Crippen molar-refractivity contribution in [2.45, 2.75) is 6.54 Å². The average Bonchev–Trinajstić information content (AvgIpc) is 3.27. The second kappa shape index (κ2) is 8.96. The Morgan fingerprint density at radius 3 is 2.42 bits per heavy atom. The van der Waals surface area contributed by atoms with E-state index in [1.54, 1.807) is 17.0 Å². The molecule has 0 aliphatic carbocycles. The SMILES string of the molecule is O=C(Cn1cnc2cc(-c3ccc(Cl)cc3)sc2c1=O)N1CCN(c2ccc(F)cc2)CC1. The van der Waals surface area contributed by atoms with Crippen molar-refractivity contribution in [2.75, 3.05) is 31.1 Å². The number of halogens is 2. The first-order valence-corrected chi connectivity index (χ1v) is 11.7. The molecule has 1 saturated heterocycles. The molecule has 0 N–H and O–H groups in total. The van der Waals surface area contributed by atoms with Gasteiger partial charge in [-0.25, -0.2) is 9.37 Å². The molecule has 4 aromatic rings. The van der Waals surface area contributed by atoms with Gasteiger partial charge in [0.2, 0.25) is 5.91 Å². The maximum Gasteiger partial charge on any atom is 0.271 e. The maximum atomic E-state index is 13.2. The predicted octanol–water partition coefficient (Wildman–Crippen LogP) is 4.27. The highest BCUT2D eigenvalue weighted by atomic mass is 35.5. The second-order valence-corrected chi connectivity index (χ2v) is 9.34. The van der Waals surface area contributed by atoms with Crippen molar-refractivity contribution in [3.63, 3.8) is 0 Å².